The average molecular weight is 198 g/mol. The van der Waals surface area contributed by atoms with Crippen LogP contribution in [-0.4, -0.2) is 11.5 Å². The van der Waals surface area contributed by atoms with Crippen LogP contribution in [0.1, 0.15) is 36.6 Å². The van der Waals surface area contributed by atoms with Gasteiger partial charge in [-0.05, 0) is 25.8 Å². The summed E-state index contributed by atoms with van der Waals surface area (Å²) in [6.45, 7) is 6.45. The summed E-state index contributed by atoms with van der Waals surface area (Å²) in [6, 6.07) is 0. The van der Waals surface area contributed by atoms with Gasteiger partial charge in [-0.3, -0.25) is 0 Å². The molecule has 0 saturated carbocycles. The lowest BCUT2D eigenvalue weighted by atomic mass is 10.4. The lowest BCUT2D eigenvalue weighted by Crippen LogP contribution is -2.12. The molecule has 0 saturated heterocycles. The molecule has 0 spiro atoms. The Kier molecular flexibility index (Phi) is 5.01. The van der Waals surface area contributed by atoms with Crippen molar-refractivity contribution in [2.45, 2.75) is 39.7 Å². The molecule has 74 valence electrons. The number of nitrogens with zero attached hydrogens (tertiary/aromatic N) is 1. The third kappa shape index (κ3) is 3.87. The molecule has 13 heavy (non-hydrogen) atoms. The minimum absolute atomic E-state index is 0.981. The van der Waals surface area contributed by atoms with E-state index >= 15 is 0 Å². The summed E-state index contributed by atoms with van der Waals surface area (Å²) < 4.78 is 0. The van der Waals surface area contributed by atoms with Crippen LogP contribution in [0.15, 0.2) is 6.20 Å². The van der Waals surface area contributed by atoms with E-state index in [4.69, 9.17) is 0 Å². The monoisotopic (exact) mass is 198 g/mol. The van der Waals surface area contributed by atoms with E-state index in [-0.39, 0.29) is 0 Å². The van der Waals surface area contributed by atoms with Crippen molar-refractivity contribution in [3.8, 4) is 0 Å². The van der Waals surface area contributed by atoms with E-state index in [9.17, 15) is 0 Å². The fourth-order valence-electron chi connectivity index (χ4n) is 1.15. The highest BCUT2D eigenvalue weighted by Gasteiger charge is 1.99. The number of rotatable bonds is 6. The molecule has 1 aromatic heterocycles. The standard InChI is InChI=1S/C10H18N2S/c1-3-5-10-12-8-9(13-10)7-11-6-4-2/h8,11H,3-7H2,1-2H3. The molecule has 1 aromatic rings. The highest BCUT2D eigenvalue weighted by Crippen LogP contribution is 2.13. The van der Waals surface area contributed by atoms with E-state index in [2.05, 4.69) is 24.1 Å². The molecule has 1 N–H and O–H groups in total. The molecule has 3 heteroatoms. The SMILES string of the molecule is CCCNCc1cnc(CCC)s1. The average Bonchev–Trinajstić information content (AvgIpc) is 2.54. The Bertz CT molecular complexity index is 233. The first-order valence-electron chi connectivity index (χ1n) is 5.01. The second kappa shape index (κ2) is 6.11. The van der Waals surface area contributed by atoms with Crippen molar-refractivity contribution < 1.29 is 0 Å². The molecule has 0 amide bonds. The first-order chi connectivity index (χ1) is 6.36. The number of hydrogen-bond donors (Lipinski definition) is 1. The van der Waals surface area contributed by atoms with Gasteiger partial charge in [0.25, 0.3) is 0 Å². The van der Waals surface area contributed by atoms with Crippen molar-refractivity contribution in [1.82, 2.24) is 10.3 Å². The Hall–Kier alpha value is -0.410. The van der Waals surface area contributed by atoms with Crippen molar-refractivity contribution in [2.24, 2.45) is 0 Å². The summed E-state index contributed by atoms with van der Waals surface area (Å²) in [6.07, 6.45) is 5.51. The number of thiazole rings is 1. The number of hydrogen-bond acceptors (Lipinski definition) is 3. The smallest absolute Gasteiger partial charge is 0.0928 e. The summed E-state index contributed by atoms with van der Waals surface area (Å²) >= 11 is 1.83. The van der Waals surface area contributed by atoms with E-state index in [1.54, 1.807) is 0 Å². The number of aromatic nitrogens is 1. The van der Waals surface area contributed by atoms with Crippen LogP contribution in [0.5, 0.6) is 0 Å². The third-order valence-electron chi connectivity index (χ3n) is 1.79. The summed E-state index contributed by atoms with van der Waals surface area (Å²) in [5, 5.41) is 4.65. The fraction of sp³-hybridized carbons (Fsp3) is 0.700. The molecule has 0 unspecified atom stereocenters. The predicted molar refractivity (Wildman–Crippen MR) is 58.1 cm³/mol. The molecule has 2 nitrogen and oxygen atoms in total. The third-order valence-corrected chi connectivity index (χ3v) is 2.85. The number of aryl methyl sites for hydroxylation is 1. The summed E-state index contributed by atoms with van der Waals surface area (Å²) in [5.41, 5.74) is 0. The molecular weight excluding hydrogens is 180 g/mol. The fourth-order valence-corrected chi connectivity index (χ4v) is 2.14. The Morgan fingerprint density at radius 1 is 1.38 bits per heavy atom. The second-order valence-electron chi connectivity index (χ2n) is 3.15. The van der Waals surface area contributed by atoms with Gasteiger partial charge in [-0.2, -0.15) is 0 Å². The van der Waals surface area contributed by atoms with Gasteiger partial charge < -0.3 is 5.32 Å². The normalized spacial score (nSPS) is 10.6. The second-order valence-corrected chi connectivity index (χ2v) is 4.35. The molecule has 0 radical (unpaired) electrons. The molecule has 0 fully saturated rings. The van der Waals surface area contributed by atoms with Crippen LogP contribution in [0.3, 0.4) is 0 Å². The summed E-state index contributed by atoms with van der Waals surface area (Å²) in [7, 11) is 0. The van der Waals surface area contributed by atoms with Gasteiger partial charge in [0.1, 0.15) is 0 Å². The largest absolute Gasteiger partial charge is 0.312 e. The highest BCUT2D eigenvalue weighted by atomic mass is 32.1. The van der Waals surface area contributed by atoms with Crippen molar-refractivity contribution in [3.05, 3.63) is 16.1 Å². The van der Waals surface area contributed by atoms with Gasteiger partial charge in [-0.1, -0.05) is 13.8 Å². The molecule has 0 aliphatic rings. The highest BCUT2D eigenvalue weighted by molar-refractivity contribution is 7.11. The molecular formula is C10H18N2S. The zero-order chi connectivity index (χ0) is 9.52. The van der Waals surface area contributed by atoms with Crippen LogP contribution in [0.2, 0.25) is 0 Å². The van der Waals surface area contributed by atoms with Gasteiger partial charge in [0.05, 0.1) is 5.01 Å². The van der Waals surface area contributed by atoms with Crippen LogP contribution < -0.4 is 5.32 Å². The van der Waals surface area contributed by atoms with Gasteiger partial charge in [0, 0.05) is 17.6 Å². The van der Waals surface area contributed by atoms with Crippen LogP contribution in [-0.2, 0) is 13.0 Å². The van der Waals surface area contributed by atoms with E-state index in [1.165, 1.54) is 22.7 Å². The lowest BCUT2D eigenvalue weighted by Gasteiger charge is -1.97. The van der Waals surface area contributed by atoms with E-state index in [0.29, 0.717) is 0 Å². The van der Waals surface area contributed by atoms with Crippen molar-refractivity contribution in [3.63, 3.8) is 0 Å². The molecule has 0 atom stereocenters. The van der Waals surface area contributed by atoms with Gasteiger partial charge in [0.2, 0.25) is 0 Å². The van der Waals surface area contributed by atoms with Gasteiger partial charge in [0.15, 0.2) is 0 Å². The quantitative estimate of drug-likeness (QED) is 0.711. The molecule has 0 bridgehead atoms. The van der Waals surface area contributed by atoms with Crippen molar-refractivity contribution in [2.75, 3.05) is 6.54 Å². The maximum absolute atomic E-state index is 4.36. The number of nitrogens with one attached hydrogen (secondary N) is 1. The molecule has 0 aliphatic carbocycles. The van der Waals surface area contributed by atoms with Crippen molar-refractivity contribution >= 4 is 11.3 Å². The van der Waals surface area contributed by atoms with Crippen molar-refractivity contribution in [1.29, 1.82) is 0 Å². The first-order valence-corrected chi connectivity index (χ1v) is 5.82. The Balaban J connectivity index is 2.31. The maximum Gasteiger partial charge on any atom is 0.0928 e. The van der Waals surface area contributed by atoms with Gasteiger partial charge >= 0.3 is 0 Å². The van der Waals surface area contributed by atoms with Crippen LogP contribution in [0, 0.1) is 0 Å². The zero-order valence-corrected chi connectivity index (χ0v) is 9.28. The summed E-state index contributed by atoms with van der Waals surface area (Å²) in [4.78, 5) is 5.72. The molecule has 1 heterocycles. The maximum atomic E-state index is 4.36. The Morgan fingerprint density at radius 2 is 2.23 bits per heavy atom. The van der Waals surface area contributed by atoms with Crippen LogP contribution >= 0.6 is 11.3 Å². The zero-order valence-electron chi connectivity index (χ0n) is 8.47. The van der Waals surface area contributed by atoms with Gasteiger partial charge in [-0.15, -0.1) is 11.3 Å². The predicted octanol–water partition coefficient (Wildman–Crippen LogP) is 2.60. The van der Waals surface area contributed by atoms with Crippen LogP contribution in [0.25, 0.3) is 0 Å². The minimum atomic E-state index is 0.981. The first kappa shape index (κ1) is 10.7. The Labute approximate surface area is 84.4 Å². The van der Waals surface area contributed by atoms with E-state index in [1.807, 2.05) is 17.5 Å². The minimum Gasteiger partial charge on any atom is -0.312 e. The Morgan fingerprint density at radius 3 is 2.92 bits per heavy atom. The topological polar surface area (TPSA) is 24.9 Å². The van der Waals surface area contributed by atoms with Gasteiger partial charge in [-0.25, -0.2) is 4.98 Å². The molecule has 0 aliphatic heterocycles. The summed E-state index contributed by atoms with van der Waals surface area (Å²) in [5.74, 6) is 0. The molecule has 1 rings (SSSR count). The lowest BCUT2D eigenvalue weighted by molar-refractivity contribution is 0.681. The van der Waals surface area contributed by atoms with Crippen LogP contribution in [0.4, 0.5) is 0 Å². The molecule has 0 aromatic carbocycles. The van der Waals surface area contributed by atoms with E-state index < -0.39 is 0 Å². The van der Waals surface area contributed by atoms with E-state index in [0.717, 1.165) is 19.5 Å².